The predicted octanol–water partition coefficient (Wildman–Crippen LogP) is 4.52. The van der Waals surface area contributed by atoms with Crippen LogP contribution in [0.1, 0.15) is 10.4 Å². The molecule has 1 aromatic heterocycles. The Morgan fingerprint density at radius 1 is 1.12 bits per heavy atom. The van der Waals surface area contributed by atoms with E-state index in [9.17, 15) is 4.79 Å². The number of aromatic nitrogens is 1. The van der Waals surface area contributed by atoms with E-state index >= 15 is 0 Å². The highest BCUT2D eigenvalue weighted by molar-refractivity contribution is 6.44. The molecule has 2 rings (SSSR count). The Hall–Kier alpha value is -1.09. The summed E-state index contributed by atoms with van der Waals surface area (Å²) in [6.07, 6.45) is 2.12. The highest BCUT2D eigenvalue weighted by Crippen LogP contribution is 2.35. The first kappa shape index (κ1) is 12.4. The first-order valence-corrected chi connectivity index (χ1v) is 5.82. The van der Waals surface area contributed by atoms with Crippen LogP contribution >= 0.6 is 34.8 Å². The van der Waals surface area contributed by atoms with E-state index < -0.39 is 0 Å². The molecule has 2 nitrogen and oxygen atoms in total. The number of aldehydes is 1. The maximum atomic E-state index is 10.6. The summed E-state index contributed by atoms with van der Waals surface area (Å²) in [5, 5.41) is 1.18. The van der Waals surface area contributed by atoms with Crippen LogP contribution in [0, 0.1) is 0 Å². The van der Waals surface area contributed by atoms with Crippen molar-refractivity contribution in [2.24, 2.45) is 0 Å². The molecule has 0 aliphatic rings. The molecule has 0 N–H and O–H groups in total. The van der Waals surface area contributed by atoms with Crippen LogP contribution in [0.4, 0.5) is 0 Å². The highest BCUT2D eigenvalue weighted by Gasteiger charge is 2.11. The largest absolute Gasteiger partial charge is 0.298 e. The Morgan fingerprint density at radius 3 is 2.53 bits per heavy atom. The second kappa shape index (κ2) is 5.05. The number of rotatable bonds is 2. The fourth-order valence-corrected chi connectivity index (χ4v) is 2.07. The molecule has 0 spiro atoms. The second-order valence-corrected chi connectivity index (χ2v) is 4.51. The minimum absolute atomic E-state index is 0.360. The van der Waals surface area contributed by atoms with E-state index in [2.05, 4.69) is 4.98 Å². The van der Waals surface area contributed by atoms with E-state index in [1.807, 2.05) is 0 Å². The molecule has 0 aliphatic heterocycles. The van der Waals surface area contributed by atoms with Crippen molar-refractivity contribution in [2.75, 3.05) is 0 Å². The van der Waals surface area contributed by atoms with Crippen LogP contribution in [0.5, 0.6) is 0 Å². The molecule has 0 saturated heterocycles. The molecule has 0 atom stereocenters. The van der Waals surface area contributed by atoms with Crippen molar-refractivity contribution in [3.05, 3.63) is 51.1 Å². The molecular formula is C12H6Cl3NO. The minimum atomic E-state index is 0.360. The first-order chi connectivity index (χ1) is 8.13. The molecule has 0 fully saturated rings. The van der Waals surface area contributed by atoms with E-state index in [1.54, 1.807) is 18.2 Å². The molecule has 0 bridgehead atoms. The van der Waals surface area contributed by atoms with Gasteiger partial charge in [-0.25, -0.2) is 0 Å². The van der Waals surface area contributed by atoms with E-state index in [1.165, 1.54) is 12.3 Å². The van der Waals surface area contributed by atoms with E-state index in [4.69, 9.17) is 34.8 Å². The molecule has 0 amide bonds. The van der Waals surface area contributed by atoms with Gasteiger partial charge in [0.25, 0.3) is 0 Å². The van der Waals surface area contributed by atoms with Crippen molar-refractivity contribution in [1.82, 2.24) is 4.98 Å². The zero-order chi connectivity index (χ0) is 12.4. The van der Waals surface area contributed by atoms with Gasteiger partial charge in [-0.3, -0.25) is 9.78 Å². The Labute approximate surface area is 113 Å². The molecule has 2 aromatic rings. The van der Waals surface area contributed by atoms with Crippen molar-refractivity contribution in [3.8, 4) is 11.3 Å². The van der Waals surface area contributed by atoms with Crippen LogP contribution in [0.2, 0.25) is 15.1 Å². The lowest BCUT2D eigenvalue weighted by Crippen LogP contribution is -1.90. The standard InChI is InChI=1S/C12H6Cl3NO/c13-9-3-1-2-8(11(9)15)12-10(14)4-7(6-17)5-16-12/h1-6H. The fraction of sp³-hybridized carbons (Fsp3) is 0. The summed E-state index contributed by atoms with van der Waals surface area (Å²) in [6, 6.07) is 6.74. The molecule has 17 heavy (non-hydrogen) atoms. The number of halogens is 3. The third-order valence-corrected chi connectivity index (χ3v) is 3.31. The third-order valence-electron chi connectivity index (χ3n) is 2.21. The molecule has 0 radical (unpaired) electrons. The summed E-state index contributed by atoms with van der Waals surface area (Å²) < 4.78 is 0. The summed E-state index contributed by atoms with van der Waals surface area (Å²) in [5.74, 6) is 0. The Balaban J connectivity index is 2.61. The smallest absolute Gasteiger partial charge is 0.151 e. The number of benzene rings is 1. The van der Waals surface area contributed by atoms with Crippen molar-refractivity contribution >= 4 is 41.1 Å². The summed E-state index contributed by atoms with van der Waals surface area (Å²) in [6.45, 7) is 0. The lowest BCUT2D eigenvalue weighted by atomic mass is 10.1. The van der Waals surface area contributed by atoms with Gasteiger partial charge >= 0.3 is 0 Å². The normalized spacial score (nSPS) is 10.3. The van der Waals surface area contributed by atoms with Crippen LogP contribution in [0.25, 0.3) is 11.3 Å². The van der Waals surface area contributed by atoms with Crippen LogP contribution in [0.3, 0.4) is 0 Å². The molecule has 0 unspecified atom stereocenters. The maximum absolute atomic E-state index is 10.6. The summed E-state index contributed by atoms with van der Waals surface area (Å²) in [5.41, 5.74) is 1.56. The van der Waals surface area contributed by atoms with Gasteiger partial charge in [-0.05, 0) is 12.1 Å². The predicted molar refractivity (Wildman–Crippen MR) is 70.1 cm³/mol. The van der Waals surface area contributed by atoms with E-state index in [0.29, 0.717) is 38.2 Å². The van der Waals surface area contributed by atoms with Gasteiger partial charge in [0, 0.05) is 17.3 Å². The topological polar surface area (TPSA) is 30.0 Å². The lowest BCUT2D eigenvalue weighted by molar-refractivity contribution is 0.112. The van der Waals surface area contributed by atoms with Crippen LogP contribution in [-0.4, -0.2) is 11.3 Å². The quantitative estimate of drug-likeness (QED) is 0.760. The van der Waals surface area contributed by atoms with Gasteiger partial charge in [-0.15, -0.1) is 0 Å². The molecule has 1 aromatic carbocycles. The van der Waals surface area contributed by atoms with Crippen LogP contribution < -0.4 is 0 Å². The highest BCUT2D eigenvalue weighted by atomic mass is 35.5. The number of carbonyl (C=O) groups is 1. The van der Waals surface area contributed by atoms with Gasteiger partial charge in [0.2, 0.25) is 0 Å². The van der Waals surface area contributed by atoms with Crippen LogP contribution in [-0.2, 0) is 0 Å². The first-order valence-electron chi connectivity index (χ1n) is 4.68. The van der Waals surface area contributed by atoms with Gasteiger partial charge in [0.1, 0.15) is 0 Å². The number of hydrogen-bond acceptors (Lipinski definition) is 2. The van der Waals surface area contributed by atoms with Crippen molar-refractivity contribution in [3.63, 3.8) is 0 Å². The summed E-state index contributed by atoms with van der Waals surface area (Å²) in [7, 11) is 0. The van der Waals surface area contributed by atoms with Gasteiger partial charge in [0.05, 0.1) is 20.8 Å². The van der Waals surface area contributed by atoms with Gasteiger partial charge in [0.15, 0.2) is 6.29 Å². The average Bonchev–Trinajstić information content (AvgIpc) is 2.33. The second-order valence-electron chi connectivity index (χ2n) is 3.32. The lowest BCUT2D eigenvalue weighted by Gasteiger charge is -2.07. The Bertz CT molecular complexity index is 584. The molecule has 0 saturated carbocycles. The zero-order valence-corrected chi connectivity index (χ0v) is 10.7. The van der Waals surface area contributed by atoms with Crippen LogP contribution in [0.15, 0.2) is 30.5 Å². The summed E-state index contributed by atoms with van der Waals surface area (Å²) in [4.78, 5) is 14.7. The maximum Gasteiger partial charge on any atom is 0.151 e. The van der Waals surface area contributed by atoms with E-state index in [0.717, 1.165) is 0 Å². The minimum Gasteiger partial charge on any atom is -0.298 e. The summed E-state index contributed by atoms with van der Waals surface area (Å²) >= 11 is 18.0. The number of nitrogens with zero attached hydrogens (tertiary/aromatic N) is 1. The Kier molecular flexibility index (Phi) is 3.67. The van der Waals surface area contributed by atoms with Crippen molar-refractivity contribution in [1.29, 1.82) is 0 Å². The molecule has 5 heteroatoms. The molecule has 1 heterocycles. The molecule has 0 aliphatic carbocycles. The molecule has 86 valence electrons. The number of carbonyl (C=O) groups excluding carboxylic acids is 1. The van der Waals surface area contributed by atoms with Crippen molar-refractivity contribution in [2.45, 2.75) is 0 Å². The molecular weight excluding hydrogens is 280 g/mol. The zero-order valence-electron chi connectivity index (χ0n) is 8.45. The van der Waals surface area contributed by atoms with Crippen molar-refractivity contribution < 1.29 is 4.79 Å². The Morgan fingerprint density at radius 2 is 1.88 bits per heavy atom. The van der Waals surface area contributed by atoms with Gasteiger partial charge < -0.3 is 0 Å². The average molecular weight is 287 g/mol. The number of hydrogen-bond donors (Lipinski definition) is 0. The fourth-order valence-electron chi connectivity index (χ4n) is 1.40. The third kappa shape index (κ3) is 2.44. The van der Waals surface area contributed by atoms with E-state index in [-0.39, 0.29) is 0 Å². The SMILES string of the molecule is O=Cc1cnc(-c2cccc(Cl)c2Cl)c(Cl)c1. The van der Waals surface area contributed by atoms with Gasteiger partial charge in [-0.1, -0.05) is 46.9 Å². The number of pyridine rings is 1. The monoisotopic (exact) mass is 285 g/mol. The van der Waals surface area contributed by atoms with Gasteiger partial charge in [-0.2, -0.15) is 0 Å².